The van der Waals surface area contributed by atoms with Crippen LogP contribution in [0.3, 0.4) is 0 Å². The van der Waals surface area contributed by atoms with Crippen molar-refractivity contribution >= 4 is 23.6 Å². The normalized spacial score (nSPS) is 19.0. The van der Waals surface area contributed by atoms with Crippen LogP contribution in [0.1, 0.15) is 42.5 Å². The van der Waals surface area contributed by atoms with Gasteiger partial charge in [-0.1, -0.05) is 6.42 Å². The van der Waals surface area contributed by atoms with E-state index in [4.69, 9.17) is 20.9 Å². The van der Waals surface area contributed by atoms with Gasteiger partial charge in [-0.05, 0) is 31.7 Å². The maximum atomic E-state index is 14.0. The lowest BCUT2D eigenvalue weighted by Crippen LogP contribution is -2.58. The molecule has 0 atom stereocenters. The molecule has 0 unspecified atom stereocenters. The van der Waals surface area contributed by atoms with Crippen molar-refractivity contribution in [3.05, 3.63) is 23.5 Å². The number of guanidine groups is 2. The second-order valence-corrected chi connectivity index (χ2v) is 6.31. The van der Waals surface area contributed by atoms with Crippen LogP contribution in [-0.4, -0.2) is 37.8 Å². The first-order valence-corrected chi connectivity index (χ1v) is 8.37. The summed E-state index contributed by atoms with van der Waals surface area (Å²) in [4.78, 5) is 22.6. The van der Waals surface area contributed by atoms with Crippen molar-refractivity contribution in [3.63, 3.8) is 0 Å². The first kappa shape index (κ1) is 18.0. The summed E-state index contributed by atoms with van der Waals surface area (Å²) in [6.45, 7) is 0. The number of nitrogens with zero attached hydrogens (tertiary/aromatic N) is 3. The van der Waals surface area contributed by atoms with Crippen molar-refractivity contribution < 1.29 is 18.7 Å². The van der Waals surface area contributed by atoms with Gasteiger partial charge >= 0.3 is 5.97 Å². The van der Waals surface area contributed by atoms with Gasteiger partial charge in [-0.15, -0.1) is 0 Å². The number of hydrogen-bond donors (Lipinski definition) is 2. The van der Waals surface area contributed by atoms with E-state index < -0.39 is 17.4 Å². The van der Waals surface area contributed by atoms with E-state index >= 15 is 0 Å². The summed E-state index contributed by atoms with van der Waals surface area (Å²) in [6.07, 6.45) is 4.23. The van der Waals surface area contributed by atoms with Gasteiger partial charge in [-0.2, -0.15) is 4.99 Å². The molecule has 4 N–H and O–H groups in total. The van der Waals surface area contributed by atoms with Crippen LogP contribution in [0.4, 0.5) is 10.1 Å². The van der Waals surface area contributed by atoms with Gasteiger partial charge in [0.1, 0.15) is 22.9 Å². The standard InChI is InChI=1S/C17H22FN5O3/c1-25-12-9-10(18)8-11(14(24)26-2)13(12)23-16(20)21-15(19)22-17(23)6-4-3-5-7-17/h8-9H,3-7H2,1-2H3,(H4,19,20,21,22). The number of ether oxygens (including phenoxy) is 2. The molecular weight excluding hydrogens is 341 g/mol. The number of halogens is 1. The first-order chi connectivity index (χ1) is 12.4. The van der Waals surface area contributed by atoms with Gasteiger partial charge < -0.3 is 20.9 Å². The summed E-state index contributed by atoms with van der Waals surface area (Å²) in [5, 5.41) is 0. The second kappa shape index (κ2) is 6.81. The Morgan fingerprint density at radius 1 is 1.23 bits per heavy atom. The van der Waals surface area contributed by atoms with Crippen molar-refractivity contribution in [3.8, 4) is 5.75 Å². The van der Waals surface area contributed by atoms with Crippen LogP contribution in [0, 0.1) is 5.82 Å². The molecule has 8 nitrogen and oxygen atoms in total. The van der Waals surface area contributed by atoms with Gasteiger partial charge in [0.15, 0.2) is 0 Å². The lowest BCUT2D eigenvalue weighted by atomic mass is 9.86. The largest absolute Gasteiger partial charge is 0.494 e. The molecule has 0 saturated heterocycles. The molecular formula is C17H22FN5O3. The highest BCUT2D eigenvalue weighted by atomic mass is 19.1. The third-order valence-corrected chi connectivity index (χ3v) is 4.74. The quantitative estimate of drug-likeness (QED) is 0.790. The first-order valence-electron chi connectivity index (χ1n) is 8.37. The number of benzene rings is 1. The molecule has 1 saturated carbocycles. The molecule has 1 aliphatic heterocycles. The van der Waals surface area contributed by atoms with Crippen LogP contribution in [0.25, 0.3) is 0 Å². The fourth-order valence-corrected chi connectivity index (χ4v) is 3.67. The van der Waals surface area contributed by atoms with E-state index in [2.05, 4.69) is 9.98 Å². The second-order valence-electron chi connectivity index (χ2n) is 6.31. The van der Waals surface area contributed by atoms with E-state index in [9.17, 15) is 9.18 Å². The fraction of sp³-hybridized carbons (Fsp3) is 0.471. The molecule has 140 valence electrons. The van der Waals surface area contributed by atoms with E-state index in [0.717, 1.165) is 25.3 Å². The summed E-state index contributed by atoms with van der Waals surface area (Å²) < 4.78 is 24.2. The molecule has 0 bridgehead atoms. The summed E-state index contributed by atoms with van der Waals surface area (Å²) in [5.41, 5.74) is 11.5. The highest BCUT2D eigenvalue weighted by molar-refractivity contribution is 6.10. The molecule has 1 heterocycles. The number of anilines is 1. The topological polar surface area (TPSA) is 116 Å². The number of aliphatic imine (C=N–C) groups is 2. The van der Waals surface area contributed by atoms with Crippen LogP contribution >= 0.6 is 0 Å². The van der Waals surface area contributed by atoms with Crippen LogP contribution < -0.4 is 21.1 Å². The Kier molecular flexibility index (Phi) is 4.71. The van der Waals surface area contributed by atoms with Gasteiger partial charge in [-0.25, -0.2) is 14.2 Å². The zero-order chi connectivity index (χ0) is 18.9. The van der Waals surface area contributed by atoms with Crippen molar-refractivity contribution in [2.45, 2.75) is 37.8 Å². The Bertz CT molecular complexity index is 787. The number of carbonyl (C=O) groups excluding carboxylic acids is 1. The van der Waals surface area contributed by atoms with Crippen molar-refractivity contribution in [1.82, 2.24) is 0 Å². The van der Waals surface area contributed by atoms with Gasteiger partial charge in [0.25, 0.3) is 0 Å². The van der Waals surface area contributed by atoms with Crippen molar-refractivity contribution in [2.24, 2.45) is 21.5 Å². The fourth-order valence-electron chi connectivity index (χ4n) is 3.67. The number of esters is 1. The van der Waals surface area contributed by atoms with Crippen LogP contribution in [0.15, 0.2) is 22.1 Å². The Labute approximate surface area is 150 Å². The Hall–Kier alpha value is -2.84. The van der Waals surface area contributed by atoms with Gasteiger partial charge in [-0.3, -0.25) is 4.90 Å². The molecule has 1 fully saturated rings. The molecule has 1 spiro atoms. The number of hydrogen-bond acceptors (Lipinski definition) is 8. The van der Waals surface area contributed by atoms with Crippen LogP contribution in [-0.2, 0) is 4.74 Å². The maximum Gasteiger partial charge on any atom is 0.340 e. The minimum atomic E-state index is -0.790. The molecule has 2 aliphatic rings. The average molecular weight is 363 g/mol. The van der Waals surface area contributed by atoms with E-state index in [1.165, 1.54) is 20.3 Å². The van der Waals surface area contributed by atoms with E-state index in [0.29, 0.717) is 12.8 Å². The molecule has 0 radical (unpaired) electrons. The summed E-state index contributed by atoms with van der Waals surface area (Å²) in [6, 6.07) is 2.28. The van der Waals surface area contributed by atoms with Gasteiger partial charge in [0.05, 0.1) is 19.8 Å². The lowest BCUT2D eigenvalue weighted by Gasteiger charge is -2.46. The smallest absolute Gasteiger partial charge is 0.340 e. The summed E-state index contributed by atoms with van der Waals surface area (Å²) in [7, 11) is 2.62. The average Bonchev–Trinajstić information content (AvgIpc) is 2.61. The Morgan fingerprint density at radius 3 is 2.54 bits per heavy atom. The third-order valence-electron chi connectivity index (χ3n) is 4.74. The molecule has 1 aromatic rings. The highest BCUT2D eigenvalue weighted by Crippen LogP contribution is 2.44. The SMILES string of the molecule is COC(=O)c1cc(F)cc(OC)c1N1C(N)=NC(N)=NC12CCCCC2. The molecule has 0 amide bonds. The van der Waals surface area contributed by atoms with E-state index in [1.807, 2.05) is 0 Å². The number of methoxy groups -OCH3 is 2. The van der Waals surface area contributed by atoms with Crippen molar-refractivity contribution in [1.29, 1.82) is 0 Å². The molecule has 26 heavy (non-hydrogen) atoms. The molecule has 3 rings (SSSR count). The van der Waals surface area contributed by atoms with Crippen LogP contribution in [0.2, 0.25) is 0 Å². The number of carbonyl (C=O) groups is 1. The lowest BCUT2D eigenvalue weighted by molar-refractivity contribution is 0.0600. The zero-order valence-corrected chi connectivity index (χ0v) is 14.8. The molecule has 1 aliphatic carbocycles. The zero-order valence-electron chi connectivity index (χ0n) is 14.8. The summed E-state index contributed by atoms with van der Waals surface area (Å²) in [5.74, 6) is -1.03. The Balaban J connectivity index is 2.26. The minimum absolute atomic E-state index is 0.0110. The maximum absolute atomic E-state index is 14.0. The van der Waals surface area contributed by atoms with Gasteiger partial charge in [0, 0.05) is 6.07 Å². The predicted molar refractivity (Wildman–Crippen MR) is 95.8 cm³/mol. The third kappa shape index (κ3) is 2.93. The molecule has 1 aromatic carbocycles. The van der Waals surface area contributed by atoms with Crippen LogP contribution in [0.5, 0.6) is 5.75 Å². The Morgan fingerprint density at radius 2 is 1.92 bits per heavy atom. The van der Waals surface area contributed by atoms with Crippen molar-refractivity contribution in [2.75, 3.05) is 19.1 Å². The van der Waals surface area contributed by atoms with E-state index in [1.54, 1.807) is 4.90 Å². The highest BCUT2D eigenvalue weighted by Gasteiger charge is 2.45. The minimum Gasteiger partial charge on any atom is -0.494 e. The predicted octanol–water partition coefficient (Wildman–Crippen LogP) is 1.73. The number of rotatable bonds is 3. The monoisotopic (exact) mass is 363 g/mol. The molecule has 9 heteroatoms. The number of nitrogens with two attached hydrogens (primary N) is 2. The summed E-state index contributed by atoms with van der Waals surface area (Å²) >= 11 is 0. The van der Waals surface area contributed by atoms with Gasteiger partial charge in [0.2, 0.25) is 11.9 Å². The van der Waals surface area contributed by atoms with E-state index in [-0.39, 0.29) is 28.9 Å². The molecule has 0 aromatic heterocycles.